The maximum absolute atomic E-state index is 12.9. The summed E-state index contributed by atoms with van der Waals surface area (Å²) in [6, 6.07) is 7.68. The van der Waals surface area contributed by atoms with Gasteiger partial charge >= 0.3 is 8.80 Å². The van der Waals surface area contributed by atoms with Crippen LogP contribution in [0.4, 0.5) is 4.39 Å². The molecule has 144 valence electrons. The Morgan fingerprint density at radius 2 is 1.28 bits per heavy atom. The molecule has 0 atom stereocenters. The zero-order chi connectivity index (χ0) is 18.4. The van der Waals surface area contributed by atoms with Crippen LogP contribution in [-0.4, -0.2) is 28.6 Å². The lowest BCUT2D eigenvalue weighted by atomic mass is 10.1. The van der Waals surface area contributed by atoms with Crippen LogP contribution in [0.3, 0.4) is 0 Å². The summed E-state index contributed by atoms with van der Waals surface area (Å²) >= 11 is 0. The van der Waals surface area contributed by atoms with Crippen molar-refractivity contribution in [3.63, 3.8) is 0 Å². The number of aryl methyl sites for hydroxylation is 1. The first-order valence-corrected chi connectivity index (χ1v) is 11.7. The number of unbranched alkanes of at least 4 members (excludes halogenated alkanes) is 2. The van der Waals surface area contributed by atoms with Crippen molar-refractivity contribution in [3.8, 4) is 0 Å². The lowest BCUT2D eigenvalue weighted by Gasteiger charge is -2.29. The van der Waals surface area contributed by atoms with Crippen LogP contribution >= 0.6 is 0 Å². The van der Waals surface area contributed by atoms with E-state index in [2.05, 4.69) is 20.8 Å². The van der Waals surface area contributed by atoms with Gasteiger partial charge in [0.25, 0.3) is 0 Å². The van der Waals surface area contributed by atoms with Crippen molar-refractivity contribution < 1.29 is 17.7 Å². The van der Waals surface area contributed by atoms with Crippen LogP contribution in [0.2, 0.25) is 6.04 Å². The highest BCUT2D eigenvalue weighted by atomic mass is 28.4. The van der Waals surface area contributed by atoms with Gasteiger partial charge in [-0.05, 0) is 56.2 Å². The molecule has 0 amide bonds. The summed E-state index contributed by atoms with van der Waals surface area (Å²) in [5.41, 5.74) is 1.19. The Kier molecular flexibility index (Phi) is 12.0. The summed E-state index contributed by atoms with van der Waals surface area (Å²) in [5, 5.41) is 0. The number of hydrogen-bond acceptors (Lipinski definition) is 3. The highest BCUT2D eigenvalue weighted by Crippen LogP contribution is 2.21. The van der Waals surface area contributed by atoms with Gasteiger partial charge in [-0.3, -0.25) is 0 Å². The lowest BCUT2D eigenvalue weighted by Crippen LogP contribution is -2.46. The van der Waals surface area contributed by atoms with Crippen molar-refractivity contribution in [2.75, 3.05) is 19.8 Å². The zero-order valence-corrected chi connectivity index (χ0v) is 17.2. The third-order valence-electron chi connectivity index (χ3n) is 3.94. The summed E-state index contributed by atoms with van der Waals surface area (Å²) in [5.74, 6) is -0.172. The van der Waals surface area contributed by atoms with Crippen molar-refractivity contribution >= 4 is 8.80 Å². The first-order chi connectivity index (χ1) is 12.2. The van der Waals surface area contributed by atoms with Gasteiger partial charge in [-0.1, -0.05) is 39.3 Å². The molecule has 25 heavy (non-hydrogen) atoms. The van der Waals surface area contributed by atoms with Crippen molar-refractivity contribution in [1.82, 2.24) is 0 Å². The standard InChI is InChI=1S/C20H35FO3Si/c1-4-15-22-25(23-16-5-2,24-17-6-3)18-9-7-8-10-19-11-13-20(21)14-12-19/h11-14H,4-10,15-18H2,1-3H3. The van der Waals surface area contributed by atoms with Gasteiger partial charge in [0.15, 0.2) is 0 Å². The largest absolute Gasteiger partial charge is 0.500 e. The van der Waals surface area contributed by atoms with Crippen molar-refractivity contribution in [2.24, 2.45) is 0 Å². The highest BCUT2D eigenvalue weighted by molar-refractivity contribution is 6.60. The molecule has 0 spiro atoms. The molecule has 0 aliphatic heterocycles. The Hall–Kier alpha value is -0.753. The third-order valence-corrected chi connectivity index (χ3v) is 6.84. The minimum atomic E-state index is -2.54. The minimum Gasteiger partial charge on any atom is -0.373 e. The topological polar surface area (TPSA) is 27.7 Å². The number of halogens is 1. The molecule has 0 unspecified atom stereocenters. The van der Waals surface area contributed by atoms with Crippen molar-refractivity contribution in [2.45, 2.75) is 71.8 Å². The average Bonchev–Trinajstić information content (AvgIpc) is 2.63. The number of benzene rings is 1. The molecule has 3 nitrogen and oxygen atoms in total. The molecule has 5 heteroatoms. The monoisotopic (exact) mass is 370 g/mol. The van der Waals surface area contributed by atoms with Crippen molar-refractivity contribution in [1.29, 1.82) is 0 Å². The molecule has 1 aromatic carbocycles. The summed E-state index contributed by atoms with van der Waals surface area (Å²) in [7, 11) is -2.54. The van der Waals surface area contributed by atoms with Gasteiger partial charge in [0.1, 0.15) is 5.82 Å². The molecule has 0 radical (unpaired) electrons. The summed E-state index contributed by atoms with van der Waals surface area (Å²) in [6.07, 6.45) is 7.15. The van der Waals surface area contributed by atoms with Gasteiger partial charge in [-0.15, -0.1) is 0 Å². The highest BCUT2D eigenvalue weighted by Gasteiger charge is 2.40. The van der Waals surface area contributed by atoms with Gasteiger partial charge in [0.2, 0.25) is 0 Å². The summed E-state index contributed by atoms with van der Waals surface area (Å²) in [6.45, 7) is 8.45. The fraction of sp³-hybridized carbons (Fsp3) is 0.700. The molecule has 0 aliphatic carbocycles. The van der Waals surface area contributed by atoms with Gasteiger partial charge in [-0.25, -0.2) is 4.39 Å². The molecule has 1 aromatic rings. The smallest absolute Gasteiger partial charge is 0.373 e. The quantitative estimate of drug-likeness (QED) is 0.290. The fourth-order valence-corrected chi connectivity index (χ4v) is 5.52. The van der Waals surface area contributed by atoms with Gasteiger partial charge in [-0.2, -0.15) is 0 Å². The van der Waals surface area contributed by atoms with E-state index < -0.39 is 8.80 Å². The van der Waals surface area contributed by atoms with Crippen LogP contribution in [-0.2, 0) is 19.7 Å². The number of hydrogen-bond donors (Lipinski definition) is 0. The molecule has 0 fully saturated rings. The van der Waals surface area contributed by atoms with E-state index in [0.717, 1.165) is 51.0 Å². The fourth-order valence-electron chi connectivity index (χ4n) is 2.61. The van der Waals surface area contributed by atoms with Crippen LogP contribution in [0.1, 0.15) is 64.9 Å². The van der Waals surface area contributed by atoms with E-state index in [-0.39, 0.29) is 5.82 Å². The van der Waals surface area contributed by atoms with E-state index in [4.69, 9.17) is 13.3 Å². The molecule has 1 rings (SSSR count). The second-order valence-corrected chi connectivity index (χ2v) is 9.15. The minimum absolute atomic E-state index is 0.172. The summed E-state index contributed by atoms with van der Waals surface area (Å²) in [4.78, 5) is 0. The van der Waals surface area contributed by atoms with Crippen LogP contribution in [0.5, 0.6) is 0 Å². The first-order valence-electron chi connectivity index (χ1n) is 9.82. The van der Waals surface area contributed by atoms with E-state index in [9.17, 15) is 4.39 Å². The first kappa shape index (κ1) is 22.3. The molecule has 0 saturated heterocycles. The van der Waals surface area contributed by atoms with Gasteiger partial charge < -0.3 is 13.3 Å². The van der Waals surface area contributed by atoms with E-state index in [1.807, 2.05) is 12.1 Å². The SMILES string of the molecule is CCCO[Si](CCCCCc1ccc(F)cc1)(OCCC)OCCC. The Labute approximate surface area is 154 Å². The number of rotatable bonds is 15. The van der Waals surface area contributed by atoms with Crippen LogP contribution in [0.15, 0.2) is 24.3 Å². The Morgan fingerprint density at radius 1 is 0.760 bits per heavy atom. The maximum atomic E-state index is 12.9. The average molecular weight is 371 g/mol. The van der Waals surface area contributed by atoms with Gasteiger partial charge in [0, 0.05) is 25.9 Å². The second-order valence-electron chi connectivity index (χ2n) is 6.42. The molecular formula is C20H35FO3Si. The van der Waals surface area contributed by atoms with E-state index >= 15 is 0 Å². The Balaban J connectivity index is 2.44. The normalized spacial score (nSPS) is 11.8. The van der Waals surface area contributed by atoms with Crippen LogP contribution in [0, 0.1) is 5.82 Å². The van der Waals surface area contributed by atoms with E-state index in [1.54, 1.807) is 0 Å². The molecule has 0 N–H and O–H groups in total. The Morgan fingerprint density at radius 3 is 1.76 bits per heavy atom. The maximum Gasteiger partial charge on any atom is 0.500 e. The molecule has 0 bridgehead atoms. The summed E-state index contributed by atoms with van der Waals surface area (Å²) < 4.78 is 31.3. The lowest BCUT2D eigenvalue weighted by molar-refractivity contribution is 0.0586. The predicted molar refractivity (Wildman–Crippen MR) is 103 cm³/mol. The van der Waals surface area contributed by atoms with Gasteiger partial charge in [0.05, 0.1) is 0 Å². The predicted octanol–water partition coefficient (Wildman–Crippen LogP) is 5.76. The molecule has 0 heterocycles. The molecule has 0 saturated carbocycles. The molecular weight excluding hydrogens is 335 g/mol. The van der Waals surface area contributed by atoms with Crippen molar-refractivity contribution in [3.05, 3.63) is 35.6 Å². The second kappa shape index (κ2) is 13.5. The third kappa shape index (κ3) is 9.49. The van der Waals surface area contributed by atoms with Crippen LogP contribution in [0.25, 0.3) is 0 Å². The van der Waals surface area contributed by atoms with E-state index in [0.29, 0.717) is 19.8 Å². The van der Waals surface area contributed by atoms with Crippen LogP contribution < -0.4 is 0 Å². The zero-order valence-electron chi connectivity index (χ0n) is 16.2. The molecule has 0 aromatic heterocycles. The molecule has 0 aliphatic rings. The Bertz CT molecular complexity index is 417. The van der Waals surface area contributed by atoms with E-state index in [1.165, 1.54) is 17.7 Å².